The summed E-state index contributed by atoms with van der Waals surface area (Å²) in [6.07, 6.45) is 0.703. The number of aromatic amines is 1. The third kappa shape index (κ3) is 2.22. The number of halogens is 1. The minimum absolute atomic E-state index is 0.0351. The van der Waals surface area contributed by atoms with Crippen molar-refractivity contribution in [2.75, 3.05) is 11.4 Å². The van der Waals surface area contributed by atoms with Crippen molar-refractivity contribution in [3.63, 3.8) is 0 Å². The van der Waals surface area contributed by atoms with Crippen LogP contribution in [0.1, 0.15) is 35.4 Å². The predicted molar refractivity (Wildman–Crippen MR) is 78.9 cm³/mol. The summed E-state index contributed by atoms with van der Waals surface area (Å²) < 4.78 is 13.3. The van der Waals surface area contributed by atoms with E-state index in [-0.39, 0.29) is 17.6 Å². The number of fused-ring (bicyclic) bond motifs is 1. The van der Waals surface area contributed by atoms with Crippen molar-refractivity contribution in [1.29, 1.82) is 0 Å². The predicted octanol–water partition coefficient (Wildman–Crippen LogP) is 2.86. The van der Waals surface area contributed by atoms with E-state index in [1.807, 2.05) is 20.8 Å². The van der Waals surface area contributed by atoms with E-state index in [9.17, 15) is 9.18 Å². The zero-order valence-electron chi connectivity index (χ0n) is 12.4. The maximum atomic E-state index is 13.3. The number of nitrogens with one attached hydrogen (secondary N) is 1. The van der Waals surface area contributed by atoms with E-state index in [0.717, 1.165) is 28.2 Å². The SMILES string of the molecule is Cc1n[nH]c(C)c1C(C)C(=O)N1CCc2cc(F)ccc21. The van der Waals surface area contributed by atoms with E-state index in [2.05, 4.69) is 10.2 Å². The van der Waals surface area contributed by atoms with E-state index < -0.39 is 0 Å². The smallest absolute Gasteiger partial charge is 0.234 e. The summed E-state index contributed by atoms with van der Waals surface area (Å²) >= 11 is 0. The number of rotatable bonds is 2. The standard InChI is InChI=1S/C16H18FN3O/c1-9(15-10(2)18-19-11(15)3)16(21)20-7-6-12-8-13(17)4-5-14(12)20/h4-5,8-9H,6-7H2,1-3H3,(H,18,19). The molecule has 4 nitrogen and oxygen atoms in total. The van der Waals surface area contributed by atoms with E-state index in [1.54, 1.807) is 11.0 Å². The minimum atomic E-state index is -0.264. The fourth-order valence-electron chi connectivity index (χ4n) is 3.15. The largest absolute Gasteiger partial charge is 0.311 e. The molecular formula is C16H18FN3O. The highest BCUT2D eigenvalue weighted by atomic mass is 19.1. The van der Waals surface area contributed by atoms with Crippen molar-refractivity contribution in [1.82, 2.24) is 10.2 Å². The van der Waals surface area contributed by atoms with Crippen LogP contribution in [0.25, 0.3) is 0 Å². The van der Waals surface area contributed by atoms with Crippen molar-refractivity contribution >= 4 is 11.6 Å². The van der Waals surface area contributed by atoms with Gasteiger partial charge in [-0.2, -0.15) is 5.10 Å². The summed E-state index contributed by atoms with van der Waals surface area (Å²) in [5.74, 6) is -0.481. The molecule has 1 aromatic carbocycles. The molecule has 1 aliphatic heterocycles. The van der Waals surface area contributed by atoms with E-state index in [1.165, 1.54) is 12.1 Å². The molecule has 0 bridgehead atoms. The van der Waals surface area contributed by atoms with Gasteiger partial charge in [0.25, 0.3) is 0 Å². The topological polar surface area (TPSA) is 49.0 Å². The average Bonchev–Trinajstić information content (AvgIpc) is 3.00. The van der Waals surface area contributed by atoms with Crippen LogP contribution >= 0.6 is 0 Å². The van der Waals surface area contributed by atoms with Crippen LogP contribution in [0.5, 0.6) is 0 Å². The summed E-state index contributed by atoms with van der Waals surface area (Å²) in [5, 5.41) is 7.08. The van der Waals surface area contributed by atoms with Gasteiger partial charge in [0.2, 0.25) is 5.91 Å². The van der Waals surface area contributed by atoms with Gasteiger partial charge >= 0.3 is 0 Å². The van der Waals surface area contributed by atoms with Crippen LogP contribution in [-0.4, -0.2) is 22.6 Å². The van der Waals surface area contributed by atoms with Crippen LogP contribution in [0, 0.1) is 19.7 Å². The number of carbonyl (C=O) groups is 1. The molecule has 110 valence electrons. The molecule has 5 heteroatoms. The molecule has 0 fully saturated rings. The lowest BCUT2D eigenvalue weighted by Gasteiger charge is -2.22. The molecule has 0 aliphatic carbocycles. The van der Waals surface area contributed by atoms with Gasteiger partial charge in [-0.25, -0.2) is 4.39 Å². The number of carbonyl (C=O) groups excluding carboxylic acids is 1. The summed E-state index contributed by atoms with van der Waals surface area (Å²) in [5.41, 5.74) is 4.46. The highest BCUT2D eigenvalue weighted by Gasteiger charge is 2.30. The Balaban J connectivity index is 1.91. The second-order valence-corrected chi connectivity index (χ2v) is 5.58. The lowest BCUT2D eigenvalue weighted by Crippen LogP contribution is -2.33. The Hall–Kier alpha value is -2.17. The monoisotopic (exact) mass is 287 g/mol. The van der Waals surface area contributed by atoms with Crippen LogP contribution in [0.15, 0.2) is 18.2 Å². The third-order valence-corrected chi connectivity index (χ3v) is 4.19. The van der Waals surface area contributed by atoms with Crippen LogP contribution in [-0.2, 0) is 11.2 Å². The molecule has 0 saturated carbocycles. The maximum absolute atomic E-state index is 13.3. The Bertz CT molecular complexity index is 688. The van der Waals surface area contributed by atoms with Crippen LogP contribution in [0.4, 0.5) is 10.1 Å². The van der Waals surface area contributed by atoms with E-state index >= 15 is 0 Å². The van der Waals surface area contributed by atoms with Gasteiger partial charge in [-0.15, -0.1) is 0 Å². The Kier molecular flexibility index (Phi) is 3.27. The normalized spacial score (nSPS) is 15.1. The molecule has 1 aliphatic rings. The molecule has 0 radical (unpaired) electrons. The van der Waals surface area contributed by atoms with Gasteiger partial charge in [-0.3, -0.25) is 9.89 Å². The maximum Gasteiger partial charge on any atom is 0.234 e. The van der Waals surface area contributed by atoms with Crippen molar-refractivity contribution in [2.45, 2.75) is 33.1 Å². The van der Waals surface area contributed by atoms with E-state index in [4.69, 9.17) is 0 Å². The number of hydrogen-bond donors (Lipinski definition) is 1. The third-order valence-electron chi connectivity index (χ3n) is 4.19. The molecule has 1 amide bonds. The Morgan fingerprint density at radius 1 is 1.43 bits per heavy atom. The fraction of sp³-hybridized carbons (Fsp3) is 0.375. The molecule has 0 spiro atoms. The molecule has 1 N–H and O–H groups in total. The summed E-state index contributed by atoms with van der Waals surface area (Å²) in [7, 11) is 0. The Morgan fingerprint density at radius 2 is 2.19 bits per heavy atom. The average molecular weight is 287 g/mol. The molecule has 21 heavy (non-hydrogen) atoms. The zero-order valence-corrected chi connectivity index (χ0v) is 12.4. The van der Waals surface area contributed by atoms with Crippen LogP contribution < -0.4 is 4.90 Å². The first-order valence-corrected chi connectivity index (χ1v) is 7.10. The quantitative estimate of drug-likeness (QED) is 0.923. The van der Waals surface area contributed by atoms with Crippen molar-refractivity contribution in [2.24, 2.45) is 0 Å². The van der Waals surface area contributed by atoms with Gasteiger partial charge in [0.05, 0.1) is 11.6 Å². The number of nitrogens with zero attached hydrogens (tertiary/aromatic N) is 2. The van der Waals surface area contributed by atoms with Gasteiger partial charge in [0.1, 0.15) is 5.82 Å². The second kappa shape index (κ2) is 4.98. The molecule has 1 unspecified atom stereocenters. The minimum Gasteiger partial charge on any atom is -0.311 e. The number of benzene rings is 1. The summed E-state index contributed by atoms with van der Waals surface area (Å²) in [4.78, 5) is 14.5. The van der Waals surface area contributed by atoms with Crippen molar-refractivity contribution in [3.05, 3.63) is 46.5 Å². The summed E-state index contributed by atoms with van der Waals surface area (Å²) in [6, 6.07) is 4.61. The van der Waals surface area contributed by atoms with Crippen LogP contribution in [0.3, 0.4) is 0 Å². The molecule has 2 aromatic rings. The first-order chi connectivity index (χ1) is 9.99. The van der Waals surface area contributed by atoms with Gasteiger partial charge in [-0.1, -0.05) is 0 Å². The molecular weight excluding hydrogens is 269 g/mol. The van der Waals surface area contributed by atoms with Crippen LogP contribution in [0.2, 0.25) is 0 Å². The number of amides is 1. The molecule has 0 saturated heterocycles. The fourth-order valence-corrected chi connectivity index (χ4v) is 3.15. The van der Waals surface area contributed by atoms with Gasteiger partial charge < -0.3 is 4.90 Å². The number of aromatic nitrogens is 2. The second-order valence-electron chi connectivity index (χ2n) is 5.58. The molecule has 3 rings (SSSR count). The van der Waals surface area contributed by atoms with Crippen molar-refractivity contribution in [3.8, 4) is 0 Å². The highest BCUT2D eigenvalue weighted by Crippen LogP contribution is 2.32. The van der Waals surface area contributed by atoms with Gasteiger partial charge in [0, 0.05) is 23.5 Å². The lowest BCUT2D eigenvalue weighted by atomic mass is 9.97. The highest BCUT2D eigenvalue weighted by molar-refractivity contribution is 5.99. The summed E-state index contributed by atoms with van der Waals surface area (Å²) in [6.45, 7) is 6.33. The number of hydrogen-bond acceptors (Lipinski definition) is 2. The molecule has 1 atom stereocenters. The first-order valence-electron chi connectivity index (χ1n) is 7.10. The van der Waals surface area contributed by atoms with Crippen molar-refractivity contribution < 1.29 is 9.18 Å². The molecule has 2 heterocycles. The number of aryl methyl sites for hydroxylation is 2. The van der Waals surface area contributed by atoms with Gasteiger partial charge in [0.15, 0.2) is 0 Å². The number of H-pyrrole nitrogens is 1. The zero-order chi connectivity index (χ0) is 15.1. The Morgan fingerprint density at radius 3 is 2.86 bits per heavy atom. The molecule has 1 aromatic heterocycles. The van der Waals surface area contributed by atoms with Gasteiger partial charge in [-0.05, 0) is 51.0 Å². The number of anilines is 1. The van der Waals surface area contributed by atoms with E-state index in [0.29, 0.717) is 13.0 Å². The lowest BCUT2D eigenvalue weighted by molar-refractivity contribution is -0.119. The first kappa shape index (κ1) is 13.8. The Labute approximate surface area is 123 Å².